The highest BCUT2D eigenvalue weighted by Crippen LogP contribution is 2.16. The molecule has 128 valence electrons. The lowest BCUT2D eigenvalue weighted by molar-refractivity contribution is -0.384. The van der Waals surface area contributed by atoms with Gasteiger partial charge in [-0.05, 0) is 12.5 Å². The van der Waals surface area contributed by atoms with Crippen molar-refractivity contribution in [1.82, 2.24) is 14.9 Å². The molecule has 8 heteroatoms. The molecule has 0 bridgehead atoms. The van der Waals surface area contributed by atoms with Gasteiger partial charge >= 0.3 is 0 Å². The van der Waals surface area contributed by atoms with Crippen LogP contribution in [0.1, 0.15) is 32.6 Å². The van der Waals surface area contributed by atoms with Crippen LogP contribution in [-0.4, -0.2) is 26.9 Å². The van der Waals surface area contributed by atoms with Gasteiger partial charge in [-0.1, -0.05) is 26.2 Å². The number of amides is 1. The van der Waals surface area contributed by atoms with E-state index in [1.807, 2.05) is 0 Å². The molecular formula is C16H20N4O4. The number of nitrogens with zero attached hydrogens (tertiary/aromatic N) is 3. The fourth-order valence-corrected chi connectivity index (χ4v) is 2.36. The second-order valence-electron chi connectivity index (χ2n) is 5.55. The van der Waals surface area contributed by atoms with E-state index < -0.39 is 10.5 Å². The van der Waals surface area contributed by atoms with Crippen LogP contribution in [0.3, 0.4) is 0 Å². The van der Waals surface area contributed by atoms with Gasteiger partial charge in [-0.15, -0.1) is 0 Å². The average molecular weight is 332 g/mol. The molecule has 0 fully saturated rings. The lowest BCUT2D eigenvalue weighted by atomic mass is 10.2. The molecule has 0 unspecified atom stereocenters. The summed E-state index contributed by atoms with van der Waals surface area (Å²) in [6.45, 7) is 2.53. The third kappa shape index (κ3) is 4.37. The van der Waals surface area contributed by atoms with Crippen LogP contribution in [0, 0.1) is 10.1 Å². The quantitative estimate of drug-likeness (QED) is 0.452. The molecule has 0 radical (unpaired) electrons. The van der Waals surface area contributed by atoms with E-state index in [2.05, 4.69) is 17.2 Å². The van der Waals surface area contributed by atoms with Crippen LogP contribution in [0.25, 0.3) is 10.9 Å². The molecule has 0 saturated carbocycles. The first-order valence-corrected chi connectivity index (χ1v) is 7.93. The van der Waals surface area contributed by atoms with E-state index in [1.165, 1.54) is 24.5 Å². The maximum Gasteiger partial charge on any atom is 0.270 e. The van der Waals surface area contributed by atoms with Gasteiger partial charge < -0.3 is 5.32 Å². The highest BCUT2D eigenvalue weighted by atomic mass is 16.6. The Hall–Kier alpha value is -2.77. The number of fused-ring (bicyclic) bond motifs is 1. The first-order chi connectivity index (χ1) is 11.5. The molecule has 0 aliphatic rings. The predicted octanol–water partition coefficient (Wildman–Crippen LogP) is 2.00. The Labute approximate surface area is 138 Å². The first kappa shape index (κ1) is 17.6. The standard InChI is InChI=1S/C16H20N4O4/c1-2-3-4-5-8-17-15(21)10-19-11-18-14-7-6-12(20(23)24)9-13(14)16(19)22/h6-7,9,11H,2-5,8,10H2,1H3,(H,17,21). The van der Waals surface area contributed by atoms with Crippen LogP contribution in [0.2, 0.25) is 0 Å². The zero-order chi connectivity index (χ0) is 17.5. The zero-order valence-electron chi connectivity index (χ0n) is 13.5. The van der Waals surface area contributed by atoms with Crippen molar-refractivity contribution in [3.63, 3.8) is 0 Å². The molecule has 1 aromatic carbocycles. The van der Waals surface area contributed by atoms with E-state index in [9.17, 15) is 19.7 Å². The highest BCUT2D eigenvalue weighted by molar-refractivity contribution is 5.80. The Balaban J connectivity index is 2.09. The average Bonchev–Trinajstić information content (AvgIpc) is 2.57. The molecule has 0 aliphatic heterocycles. The van der Waals surface area contributed by atoms with Crippen LogP contribution < -0.4 is 10.9 Å². The van der Waals surface area contributed by atoms with E-state index in [0.29, 0.717) is 12.1 Å². The largest absolute Gasteiger partial charge is 0.355 e. The number of aromatic nitrogens is 2. The number of carbonyl (C=O) groups is 1. The maximum absolute atomic E-state index is 12.4. The molecule has 1 N–H and O–H groups in total. The highest BCUT2D eigenvalue weighted by Gasteiger charge is 2.12. The summed E-state index contributed by atoms with van der Waals surface area (Å²) in [7, 11) is 0. The third-order valence-corrected chi connectivity index (χ3v) is 3.68. The monoisotopic (exact) mass is 332 g/mol. The molecule has 1 heterocycles. The number of nitrogens with one attached hydrogen (secondary N) is 1. The summed E-state index contributed by atoms with van der Waals surface area (Å²) in [5, 5.41) is 13.7. The van der Waals surface area contributed by atoms with E-state index in [4.69, 9.17) is 0 Å². The van der Waals surface area contributed by atoms with Crippen molar-refractivity contribution in [2.75, 3.05) is 6.54 Å². The van der Waals surface area contributed by atoms with Crippen molar-refractivity contribution in [2.45, 2.75) is 39.2 Å². The van der Waals surface area contributed by atoms with E-state index in [1.54, 1.807) is 0 Å². The molecule has 0 atom stereocenters. The van der Waals surface area contributed by atoms with Crippen LogP contribution >= 0.6 is 0 Å². The number of nitro benzene ring substituents is 1. The number of carbonyl (C=O) groups excluding carboxylic acids is 1. The van der Waals surface area contributed by atoms with E-state index in [0.717, 1.165) is 30.3 Å². The van der Waals surface area contributed by atoms with Crippen molar-refractivity contribution in [3.05, 3.63) is 45.0 Å². The van der Waals surface area contributed by atoms with Gasteiger partial charge in [0.2, 0.25) is 5.91 Å². The Bertz CT molecular complexity index is 800. The van der Waals surface area contributed by atoms with E-state index in [-0.39, 0.29) is 23.5 Å². The lowest BCUT2D eigenvalue weighted by Crippen LogP contribution is -2.33. The molecule has 1 amide bonds. The lowest BCUT2D eigenvalue weighted by Gasteiger charge is -2.08. The van der Waals surface area contributed by atoms with Crippen molar-refractivity contribution >= 4 is 22.5 Å². The Morgan fingerprint density at radius 3 is 2.83 bits per heavy atom. The Morgan fingerprint density at radius 2 is 2.12 bits per heavy atom. The van der Waals surface area contributed by atoms with Gasteiger partial charge in [-0.2, -0.15) is 0 Å². The maximum atomic E-state index is 12.4. The smallest absolute Gasteiger partial charge is 0.270 e. The van der Waals surface area contributed by atoms with Crippen molar-refractivity contribution < 1.29 is 9.72 Å². The molecule has 0 saturated heterocycles. The van der Waals surface area contributed by atoms with Gasteiger partial charge in [0.15, 0.2) is 0 Å². The second kappa shape index (κ2) is 8.19. The van der Waals surface area contributed by atoms with Crippen LogP contribution in [0.4, 0.5) is 5.69 Å². The second-order valence-corrected chi connectivity index (χ2v) is 5.55. The normalized spacial score (nSPS) is 10.7. The molecule has 8 nitrogen and oxygen atoms in total. The summed E-state index contributed by atoms with van der Waals surface area (Å²) in [5.74, 6) is -0.278. The summed E-state index contributed by atoms with van der Waals surface area (Å²) in [4.78, 5) is 38.6. The van der Waals surface area contributed by atoms with Gasteiger partial charge in [-0.3, -0.25) is 24.3 Å². The molecule has 0 spiro atoms. The SMILES string of the molecule is CCCCCCNC(=O)Cn1cnc2ccc([N+](=O)[O-])cc2c1=O. The predicted molar refractivity (Wildman–Crippen MR) is 89.8 cm³/mol. The van der Waals surface area contributed by atoms with Gasteiger partial charge in [0.25, 0.3) is 11.2 Å². The molecule has 2 aromatic rings. The number of rotatable bonds is 8. The summed E-state index contributed by atoms with van der Waals surface area (Å²) in [6, 6.07) is 3.90. The van der Waals surface area contributed by atoms with Crippen LogP contribution in [0.5, 0.6) is 0 Å². The Morgan fingerprint density at radius 1 is 1.33 bits per heavy atom. The van der Waals surface area contributed by atoms with Gasteiger partial charge in [0.1, 0.15) is 6.54 Å². The van der Waals surface area contributed by atoms with Crippen LogP contribution in [-0.2, 0) is 11.3 Å². The van der Waals surface area contributed by atoms with Crippen molar-refractivity contribution in [3.8, 4) is 0 Å². The first-order valence-electron chi connectivity index (χ1n) is 7.93. The molecule has 1 aromatic heterocycles. The summed E-state index contributed by atoms with van der Waals surface area (Å²) >= 11 is 0. The van der Waals surface area contributed by atoms with E-state index >= 15 is 0 Å². The minimum Gasteiger partial charge on any atom is -0.355 e. The number of benzene rings is 1. The summed E-state index contributed by atoms with van der Waals surface area (Å²) < 4.78 is 1.16. The fraction of sp³-hybridized carbons (Fsp3) is 0.438. The number of unbranched alkanes of at least 4 members (excludes halogenated alkanes) is 3. The number of non-ortho nitro benzene ring substituents is 1. The van der Waals surface area contributed by atoms with Gasteiger partial charge in [0, 0.05) is 18.7 Å². The van der Waals surface area contributed by atoms with Gasteiger partial charge in [-0.25, -0.2) is 4.98 Å². The van der Waals surface area contributed by atoms with Crippen molar-refractivity contribution in [2.24, 2.45) is 0 Å². The molecular weight excluding hydrogens is 312 g/mol. The molecule has 0 aliphatic carbocycles. The Kier molecular flexibility index (Phi) is 6.00. The summed E-state index contributed by atoms with van der Waals surface area (Å²) in [6.07, 6.45) is 5.49. The minimum absolute atomic E-state index is 0.127. The summed E-state index contributed by atoms with van der Waals surface area (Å²) in [5.41, 5.74) is -0.286. The minimum atomic E-state index is -0.570. The third-order valence-electron chi connectivity index (χ3n) is 3.68. The van der Waals surface area contributed by atoms with Crippen LogP contribution in [0.15, 0.2) is 29.3 Å². The number of hydrogen-bond donors (Lipinski definition) is 1. The molecule has 24 heavy (non-hydrogen) atoms. The number of hydrogen-bond acceptors (Lipinski definition) is 5. The fourth-order valence-electron chi connectivity index (χ4n) is 2.36. The topological polar surface area (TPSA) is 107 Å². The molecule has 2 rings (SSSR count). The van der Waals surface area contributed by atoms with Gasteiger partial charge in [0.05, 0.1) is 22.2 Å². The zero-order valence-corrected chi connectivity index (χ0v) is 13.5. The number of nitro groups is 1. The van der Waals surface area contributed by atoms with Crippen molar-refractivity contribution in [1.29, 1.82) is 0 Å².